The van der Waals surface area contributed by atoms with Crippen molar-refractivity contribution in [2.24, 2.45) is 5.92 Å². The Morgan fingerprint density at radius 2 is 2.10 bits per heavy atom. The summed E-state index contributed by atoms with van der Waals surface area (Å²) in [5.41, 5.74) is 0. The van der Waals surface area contributed by atoms with Crippen LogP contribution in [0, 0.1) is 5.92 Å². The van der Waals surface area contributed by atoms with E-state index in [1.54, 1.807) is 0 Å². The maximum atomic E-state index is 11.9. The molecule has 2 atom stereocenters. The van der Waals surface area contributed by atoms with E-state index in [9.17, 15) is 18.0 Å². The molecule has 118 valence electrons. The standard InChI is InChI=1S/C12H21F3N2O3/c1-2-3-16-10-7-20-6-9(10)11(18)17-4-5-19-8-12(13,14)15/h9-10,16H,2-8H2,1H3,(H,17,18). The number of halogens is 3. The maximum Gasteiger partial charge on any atom is 0.411 e. The summed E-state index contributed by atoms with van der Waals surface area (Å²) in [5.74, 6) is -0.518. The molecule has 2 unspecified atom stereocenters. The smallest absolute Gasteiger partial charge is 0.379 e. The molecule has 0 bridgehead atoms. The largest absolute Gasteiger partial charge is 0.411 e. The first-order valence-electron chi connectivity index (χ1n) is 6.67. The van der Waals surface area contributed by atoms with E-state index in [2.05, 4.69) is 15.4 Å². The van der Waals surface area contributed by atoms with Crippen LogP contribution < -0.4 is 10.6 Å². The van der Waals surface area contributed by atoms with E-state index in [4.69, 9.17) is 4.74 Å². The minimum absolute atomic E-state index is 0.0361. The highest BCUT2D eigenvalue weighted by Crippen LogP contribution is 2.15. The van der Waals surface area contributed by atoms with Crippen LogP contribution in [0.3, 0.4) is 0 Å². The van der Waals surface area contributed by atoms with Gasteiger partial charge in [-0.05, 0) is 13.0 Å². The molecular weight excluding hydrogens is 277 g/mol. The molecule has 0 saturated carbocycles. The quantitative estimate of drug-likeness (QED) is 0.648. The first-order valence-corrected chi connectivity index (χ1v) is 6.67. The van der Waals surface area contributed by atoms with Crippen LogP contribution in [0.4, 0.5) is 13.2 Å². The van der Waals surface area contributed by atoms with Crippen molar-refractivity contribution in [2.45, 2.75) is 25.6 Å². The van der Waals surface area contributed by atoms with Gasteiger partial charge in [-0.1, -0.05) is 6.92 Å². The average molecular weight is 298 g/mol. The van der Waals surface area contributed by atoms with Gasteiger partial charge in [0.25, 0.3) is 0 Å². The summed E-state index contributed by atoms with van der Waals surface area (Å²) in [7, 11) is 0. The highest BCUT2D eigenvalue weighted by molar-refractivity contribution is 5.79. The summed E-state index contributed by atoms with van der Waals surface area (Å²) in [6.07, 6.45) is -3.38. The van der Waals surface area contributed by atoms with E-state index in [-0.39, 0.29) is 31.0 Å². The van der Waals surface area contributed by atoms with Crippen molar-refractivity contribution in [3.8, 4) is 0 Å². The first-order chi connectivity index (χ1) is 9.44. The summed E-state index contributed by atoms with van der Waals surface area (Å²) < 4.78 is 45.1. The minimum Gasteiger partial charge on any atom is -0.379 e. The highest BCUT2D eigenvalue weighted by Gasteiger charge is 2.33. The van der Waals surface area contributed by atoms with Crippen molar-refractivity contribution in [2.75, 3.05) is 39.5 Å². The number of hydrogen-bond acceptors (Lipinski definition) is 4. The molecule has 1 heterocycles. The van der Waals surface area contributed by atoms with Crippen molar-refractivity contribution in [1.29, 1.82) is 0 Å². The number of amides is 1. The molecule has 0 radical (unpaired) electrons. The Morgan fingerprint density at radius 3 is 2.75 bits per heavy atom. The molecule has 0 aromatic rings. The topological polar surface area (TPSA) is 59.6 Å². The van der Waals surface area contributed by atoms with E-state index in [1.807, 2.05) is 6.92 Å². The van der Waals surface area contributed by atoms with Crippen LogP contribution in [0.5, 0.6) is 0 Å². The van der Waals surface area contributed by atoms with Gasteiger partial charge in [0.05, 0.1) is 25.7 Å². The lowest BCUT2D eigenvalue weighted by atomic mass is 10.0. The summed E-state index contributed by atoms with van der Waals surface area (Å²) in [6, 6.07) is -0.0361. The van der Waals surface area contributed by atoms with Crippen LogP contribution in [0.15, 0.2) is 0 Å². The van der Waals surface area contributed by atoms with Crippen LogP contribution >= 0.6 is 0 Å². The molecule has 0 aromatic carbocycles. The van der Waals surface area contributed by atoms with Crippen LogP contribution in [-0.4, -0.2) is 57.6 Å². The molecule has 5 nitrogen and oxygen atoms in total. The van der Waals surface area contributed by atoms with Gasteiger partial charge in [-0.25, -0.2) is 0 Å². The number of carbonyl (C=O) groups excluding carboxylic acids is 1. The van der Waals surface area contributed by atoms with Gasteiger partial charge in [-0.3, -0.25) is 4.79 Å². The van der Waals surface area contributed by atoms with Gasteiger partial charge in [0, 0.05) is 12.6 Å². The third kappa shape index (κ3) is 6.53. The van der Waals surface area contributed by atoms with E-state index in [0.29, 0.717) is 13.2 Å². The monoisotopic (exact) mass is 298 g/mol. The van der Waals surface area contributed by atoms with Gasteiger partial charge >= 0.3 is 6.18 Å². The second kappa shape index (κ2) is 8.43. The maximum absolute atomic E-state index is 11.9. The number of alkyl halides is 3. The Morgan fingerprint density at radius 1 is 1.35 bits per heavy atom. The molecule has 1 aliphatic rings. The highest BCUT2D eigenvalue weighted by atomic mass is 19.4. The number of rotatable bonds is 8. The molecule has 1 fully saturated rings. The molecular formula is C12H21F3N2O3. The molecule has 1 rings (SSSR count). The van der Waals surface area contributed by atoms with Crippen molar-refractivity contribution in [3.63, 3.8) is 0 Å². The van der Waals surface area contributed by atoms with Crippen LogP contribution in [0.25, 0.3) is 0 Å². The van der Waals surface area contributed by atoms with Gasteiger partial charge in [0.15, 0.2) is 0 Å². The number of ether oxygens (including phenoxy) is 2. The Balaban J connectivity index is 2.18. The van der Waals surface area contributed by atoms with Gasteiger partial charge in [0.1, 0.15) is 6.61 Å². The molecule has 1 aliphatic heterocycles. The summed E-state index contributed by atoms with van der Waals surface area (Å²) in [4.78, 5) is 11.9. The van der Waals surface area contributed by atoms with Crippen molar-refractivity contribution in [3.05, 3.63) is 0 Å². The van der Waals surface area contributed by atoms with Gasteiger partial charge in [-0.2, -0.15) is 13.2 Å². The zero-order chi connectivity index (χ0) is 15.0. The lowest BCUT2D eigenvalue weighted by molar-refractivity contribution is -0.173. The van der Waals surface area contributed by atoms with Crippen LogP contribution in [0.2, 0.25) is 0 Å². The second-order valence-corrected chi connectivity index (χ2v) is 4.66. The average Bonchev–Trinajstić information content (AvgIpc) is 2.82. The SMILES string of the molecule is CCCNC1COCC1C(=O)NCCOCC(F)(F)F. The lowest BCUT2D eigenvalue weighted by Gasteiger charge is -2.18. The molecule has 1 amide bonds. The summed E-state index contributed by atoms with van der Waals surface area (Å²) in [6.45, 7) is 2.23. The van der Waals surface area contributed by atoms with Crippen LogP contribution in [-0.2, 0) is 14.3 Å². The third-order valence-electron chi connectivity index (χ3n) is 2.89. The van der Waals surface area contributed by atoms with E-state index in [1.165, 1.54) is 0 Å². The Kier molecular flexibility index (Phi) is 7.25. The fourth-order valence-electron chi connectivity index (χ4n) is 1.91. The van der Waals surface area contributed by atoms with Crippen molar-refractivity contribution >= 4 is 5.91 Å². The van der Waals surface area contributed by atoms with Gasteiger partial charge in [-0.15, -0.1) is 0 Å². The summed E-state index contributed by atoms with van der Waals surface area (Å²) in [5, 5.41) is 5.78. The van der Waals surface area contributed by atoms with Gasteiger partial charge < -0.3 is 20.1 Å². The zero-order valence-corrected chi connectivity index (χ0v) is 11.5. The lowest BCUT2D eigenvalue weighted by Crippen LogP contribution is -2.45. The normalized spacial score (nSPS) is 23.0. The van der Waals surface area contributed by atoms with E-state index < -0.39 is 12.8 Å². The van der Waals surface area contributed by atoms with E-state index in [0.717, 1.165) is 13.0 Å². The minimum atomic E-state index is -4.33. The molecule has 0 aliphatic carbocycles. The third-order valence-corrected chi connectivity index (χ3v) is 2.89. The fraction of sp³-hybridized carbons (Fsp3) is 0.917. The summed E-state index contributed by atoms with van der Waals surface area (Å²) >= 11 is 0. The van der Waals surface area contributed by atoms with Gasteiger partial charge in [0.2, 0.25) is 5.91 Å². The fourth-order valence-corrected chi connectivity index (χ4v) is 1.91. The first kappa shape index (κ1) is 17.2. The molecule has 20 heavy (non-hydrogen) atoms. The predicted octanol–water partition coefficient (Wildman–Crippen LogP) is 0.696. The Labute approximate surface area is 116 Å². The second-order valence-electron chi connectivity index (χ2n) is 4.66. The zero-order valence-electron chi connectivity index (χ0n) is 11.5. The molecule has 0 aromatic heterocycles. The predicted molar refractivity (Wildman–Crippen MR) is 66.3 cm³/mol. The number of carbonyl (C=O) groups is 1. The molecule has 1 saturated heterocycles. The number of nitrogens with one attached hydrogen (secondary N) is 2. The Bertz CT molecular complexity index is 300. The van der Waals surface area contributed by atoms with Crippen molar-refractivity contribution < 1.29 is 27.4 Å². The molecule has 0 spiro atoms. The van der Waals surface area contributed by atoms with Crippen molar-refractivity contribution in [1.82, 2.24) is 10.6 Å². The van der Waals surface area contributed by atoms with Crippen LogP contribution in [0.1, 0.15) is 13.3 Å². The number of hydrogen-bond donors (Lipinski definition) is 2. The molecule has 8 heteroatoms. The Hall–Kier alpha value is -0.860. The van der Waals surface area contributed by atoms with E-state index >= 15 is 0 Å². The molecule has 2 N–H and O–H groups in total.